The molecular formula is C19H18N4O3. The minimum atomic E-state index is 0.0164. The first-order valence-electron chi connectivity index (χ1n) is 8.67. The minimum Gasteiger partial charge on any atom is -0.454 e. The number of nitrogens with zero attached hydrogens (tertiary/aromatic N) is 4. The molecule has 0 unspecified atom stereocenters. The van der Waals surface area contributed by atoms with Crippen LogP contribution in [0.2, 0.25) is 0 Å². The molecule has 0 N–H and O–H groups in total. The van der Waals surface area contributed by atoms with E-state index in [9.17, 15) is 4.79 Å². The van der Waals surface area contributed by atoms with E-state index in [2.05, 4.69) is 4.98 Å². The highest BCUT2D eigenvalue weighted by atomic mass is 16.7. The highest BCUT2D eigenvalue weighted by Gasteiger charge is 2.31. The van der Waals surface area contributed by atoms with Crippen molar-refractivity contribution < 1.29 is 14.3 Å². The van der Waals surface area contributed by atoms with Crippen LogP contribution >= 0.6 is 0 Å². The van der Waals surface area contributed by atoms with Crippen LogP contribution in [0.15, 0.2) is 36.5 Å². The molecule has 7 nitrogen and oxygen atoms in total. The maximum atomic E-state index is 12.9. The SMILES string of the molecule is Cn1c([C@@H]2CCN(C(=O)c3ccc4c(c3)OCO4)C2)nc2cccnc21. The second kappa shape index (κ2) is 5.72. The summed E-state index contributed by atoms with van der Waals surface area (Å²) in [6.45, 7) is 1.58. The molecule has 1 saturated heterocycles. The van der Waals surface area contributed by atoms with Crippen molar-refractivity contribution in [2.45, 2.75) is 12.3 Å². The summed E-state index contributed by atoms with van der Waals surface area (Å²) in [4.78, 5) is 23.9. The van der Waals surface area contributed by atoms with Crippen molar-refractivity contribution in [3.05, 3.63) is 47.9 Å². The number of carbonyl (C=O) groups is 1. The number of hydrogen-bond acceptors (Lipinski definition) is 5. The molecule has 0 bridgehead atoms. The van der Waals surface area contributed by atoms with E-state index in [1.165, 1.54) is 0 Å². The number of carbonyl (C=O) groups excluding carboxylic acids is 1. The van der Waals surface area contributed by atoms with Crippen molar-refractivity contribution in [2.24, 2.45) is 7.05 Å². The Morgan fingerprint density at radius 1 is 1.23 bits per heavy atom. The molecule has 132 valence electrons. The zero-order valence-corrected chi connectivity index (χ0v) is 14.4. The Balaban J connectivity index is 1.38. The molecule has 26 heavy (non-hydrogen) atoms. The topological polar surface area (TPSA) is 69.5 Å². The average Bonchev–Trinajstić information content (AvgIpc) is 3.39. The Morgan fingerprint density at radius 3 is 3.00 bits per heavy atom. The number of aromatic nitrogens is 3. The fourth-order valence-electron chi connectivity index (χ4n) is 3.77. The molecule has 4 heterocycles. The van der Waals surface area contributed by atoms with Crippen LogP contribution in [0.3, 0.4) is 0 Å². The lowest BCUT2D eigenvalue weighted by Gasteiger charge is -2.17. The third-order valence-corrected chi connectivity index (χ3v) is 5.12. The van der Waals surface area contributed by atoms with Gasteiger partial charge in [0.1, 0.15) is 11.3 Å². The number of fused-ring (bicyclic) bond motifs is 2. The van der Waals surface area contributed by atoms with Crippen molar-refractivity contribution >= 4 is 17.1 Å². The zero-order valence-electron chi connectivity index (χ0n) is 14.4. The fraction of sp³-hybridized carbons (Fsp3) is 0.316. The molecule has 7 heteroatoms. The molecule has 1 amide bonds. The van der Waals surface area contributed by atoms with Crippen LogP contribution in [0.4, 0.5) is 0 Å². The Morgan fingerprint density at radius 2 is 2.12 bits per heavy atom. The normalized spacial score (nSPS) is 18.7. The number of pyridine rings is 1. The summed E-state index contributed by atoms with van der Waals surface area (Å²) in [5.74, 6) is 2.54. The van der Waals surface area contributed by atoms with Crippen molar-refractivity contribution in [1.29, 1.82) is 0 Å². The summed E-state index contributed by atoms with van der Waals surface area (Å²) in [5, 5.41) is 0. The van der Waals surface area contributed by atoms with E-state index >= 15 is 0 Å². The second-order valence-corrected chi connectivity index (χ2v) is 6.68. The van der Waals surface area contributed by atoms with Gasteiger partial charge in [0.25, 0.3) is 5.91 Å². The van der Waals surface area contributed by atoms with Crippen LogP contribution in [0.25, 0.3) is 11.2 Å². The van der Waals surface area contributed by atoms with Crippen LogP contribution in [0.1, 0.15) is 28.5 Å². The van der Waals surface area contributed by atoms with Gasteiger partial charge in [-0.2, -0.15) is 0 Å². The number of rotatable bonds is 2. The molecule has 0 radical (unpaired) electrons. The van der Waals surface area contributed by atoms with E-state index < -0.39 is 0 Å². The van der Waals surface area contributed by atoms with Gasteiger partial charge in [-0.15, -0.1) is 0 Å². The van der Waals surface area contributed by atoms with E-state index in [-0.39, 0.29) is 18.6 Å². The smallest absolute Gasteiger partial charge is 0.254 e. The van der Waals surface area contributed by atoms with Crippen molar-refractivity contribution in [1.82, 2.24) is 19.4 Å². The summed E-state index contributed by atoms with van der Waals surface area (Å²) in [6.07, 6.45) is 2.67. The van der Waals surface area contributed by atoms with Crippen LogP contribution in [0, 0.1) is 0 Å². The van der Waals surface area contributed by atoms with Gasteiger partial charge < -0.3 is 18.9 Å². The summed E-state index contributed by atoms with van der Waals surface area (Å²) in [7, 11) is 1.99. The molecule has 2 aliphatic rings. The molecule has 1 fully saturated rings. The van der Waals surface area contributed by atoms with Crippen molar-refractivity contribution in [3.8, 4) is 11.5 Å². The van der Waals surface area contributed by atoms with Gasteiger partial charge in [0.05, 0.1) is 0 Å². The fourth-order valence-corrected chi connectivity index (χ4v) is 3.77. The molecule has 0 aliphatic carbocycles. The van der Waals surface area contributed by atoms with Gasteiger partial charge >= 0.3 is 0 Å². The Labute approximate surface area is 150 Å². The first kappa shape index (κ1) is 15.2. The van der Waals surface area contributed by atoms with Crippen LogP contribution < -0.4 is 9.47 Å². The lowest BCUT2D eigenvalue weighted by Crippen LogP contribution is -2.28. The molecule has 0 spiro atoms. The number of aryl methyl sites for hydroxylation is 1. The van der Waals surface area contributed by atoms with E-state index in [4.69, 9.17) is 14.5 Å². The largest absolute Gasteiger partial charge is 0.454 e. The van der Waals surface area contributed by atoms with Gasteiger partial charge in [0.15, 0.2) is 17.1 Å². The lowest BCUT2D eigenvalue weighted by atomic mass is 10.1. The molecule has 2 aliphatic heterocycles. The molecule has 2 aromatic heterocycles. The third kappa shape index (κ3) is 2.31. The van der Waals surface area contributed by atoms with Gasteiger partial charge in [0, 0.05) is 37.8 Å². The number of amides is 1. The Kier molecular flexibility index (Phi) is 3.34. The molecule has 1 aromatic carbocycles. The molecule has 5 rings (SSSR count). The number of likely N-dealkylation sites (tertiary alicyclic amines) is 1. The average molecular weight is 350 g/mol. The molecule has 0 saturated carbocycles. The molecular weight excluding hydrogens is 332 g/mol. The van der Waals surface area contributed by atoms with E-state index in [0.717, 1.165) is 23.4 Å². The maximum Gasteiger partial charge on any atom is 0.254 e. The van der Waals surface area contributed by atoms with E-state index in [1.807, 2.05) is 28.6 Å². The van der Waals surface area contributed by atoms with Crippen molar-refractivity contribution in [2.75, 3.05) is 19.9 Å². The Hall–Kier alpha value is -3.09. The second-order valence-electron chi connectivity index (χ2n) is 6.68. The first-order chi connectivity index (χ1) is 12.7. The number of hydrogen-bond donors (Lipinski definition) is 0. The predicted molar refractivity (Wildman–Crippen MR) is 94.3 cm³/mol. The first-order valence-corrected chi connectivity index (χ1v) is 8.67. The summed E-state index contributed by atoms with van der Waals surface area (Å²) >= 11 is 0. The van der Waals surface area contributed by atoms with Crippen LogP contribution in [0.5, 0.6) is 11.5 Å². The number of imidazole rings is 1. The monoisotopic (exact) mass is 350 g/mol. The Bertz CT molecular complexity index is 1010. The molecule has 3 aromatic rings. The number of benzene rings is 1. The zero-order chi connectivity index (χ0) is 17.7. The van der Waals surface area contributed by atoms with Crippen LogP contribution in [-0.2, 0) is 7.05 Å². The highest BCUT2D eigenvalue weighted by molar-refractivity contribution is 5.95. The summed E-state index contributed by atoms with van der Waals surface area (Å²) in [6, 6.07) is 9.21. The maximum absolute atomic E-state index is 12.9. The number of ether oxygens (including phenoxy) is 2. The third-order valence-electron chi connectivity index (χ3n) is 5.12. The minimum absolute atomic E-state index is 0.0164. The quantitative estimate of drug-likeness (QED) is 0.709. The van der Waals surface area contributed by atoms with Gasteiger partial charge in [-0.05, 0) is 36.8 Å². The van der Waals surface area contributed by atoms with Crippen molar-refractivity contribution in [3.63, 3.8) is 0 Å². The van der Waals surface area contributed by atoms with Crippen LogP contribution in [-0.4, -0.2) is 45.2 Å². The predicted octanol–water partition coefficient (Wildman–Crippen LogP) is 2.33. The van der Waals surface area contributed by atoms with E-state index in [1.54, 1.807) is 24.4 Å². The van der Waals surface area contributed by atoms with Gasteiger partial charge in [-0.1, -0.05) is 0 Å². The highest BCUT2D eigenvalue weighted by Crippen LogP contribution is 2.34. The van der Waals surface area contributed by atoms with Gasteiger partial charge in [-0.25, -0.2) is 9.97 Å². The summed E-state index contributed by atoms with van der Waals surface area (Å²) in [5.41, 5.74) is 2.40. The molecule has 1 atom stereocenters. The van der Waals surface area contributed by atoms with Gasteiger partial charge in [0.2, 0.25) is 6.79 Å². The van der Waals surface area contributed by atoms with Gasteiger partial charge in [-0.3, -0.25) is 4.79 Å². The standard InChI is InChI=1S/C19H18N4O3/c1-22-17(21-14-3-2-7-20-18(14)22)13-6-8-23(10-13)19(24)12-4-5-15-16(9-12)26-11-25-15/h2-5,7,9,13H,6,8,10-11H2,1H3/t13-/m1/s1. The summed E-state index contributed by atoms with van der Waals surface area (Å²) < 4.78 is 12.7. The lowest BCUT2D eigenvalue weighted by molar-refractivity contribution is 0.0790. The van der Waals surface area contributed by atoms with E-state index in [0.29, 0.717) is 30.2 Å².